The number of pyridine rings is 1. The predicted molar refractivity (Wildman–Crippen MR) is 159 cm³/mol. The standard InChI is InChI=1S/C29H31N5O3S2/c1-18-15-22(12-13-25(18)32-39(5,35)36)34-28(27(31-29(34)38)26-11-6-7-14-30-26)24-16-19(2)33(20(24)3)21-9-8-10-23(17-21)37-4/h6-17,27-28,32H,1-5H3,(H,31,38)/t27-,28+/m0/s1. The molecule has 4 aromatic rings. The van der Waals surface area contributed by atoms with Crippen LogP contribution in [-0.4, -0.2) is 36.4 Å². The van der Waals surface area contributed by atoms with Crippen LogP contribution < -0.4 is 19.7 Å². The zero-order chi connectivity index (χ0) is 27.9. The minimum absolute atomic E-state index is 0.202. The van der Waals surface area contributed by atoms with E-state index in [1.807, 2.05) is 55.5 Å². The molecule has 0 bridgehead atoms. The molecular formula is C29H31N5O3S2. The summed E-state index contributed by atoms with van der Waals surface area (Å²) in [7, 11) is -1.74. The van der Waals surface area contributed by atoms with Crippen LogP contribution >= 0.6 is 12.2 Å². The number of hydrogen-bond donors (Lipinski definition) is 2. The molecule has 10 heteroatoms. The molecule has 0 amide bonds. The number of methoxy groups -OCH3 is 1. The number of anilines is 2. The van der Waals surface area contributed by atoms with E-state index in [1.54, 1.807) is 19.4 Å². The van der Waals surface area contributed by atoms with Crippen LogP contribution in [0.15, 0.2) is 72.9 Å². The fourth-order valence-electron chi connectivity index (χ4n) is 5.29. The maximum absolute atomic E-state index is 11.8. The van der Waals surface area contributed by atoms with Gasteiger partial charge in [-0.15, -0.1) is 0 Å². The van der Waals surface area contributed by atoms with E-state index < -0.39 is 10.0 Å². The third-order valence-electron chi connectivity index (χ3n) is 6.98. The molecule has 0 spiro atoms. The summed E-state index contributed by atoms with van der Waals surface area (Å²) in [5, 5.41) is 4.08. The second-order valence-corrected chi connectivity index (χ2v) is 11.9. The van der Waals surface area contributed by atoms with Crippen molar-refractivity contribution in [3.63, 3.8) is 0 Å². The first-order valence-corrected chi connectivity index (χ1v) is 14.8. The number of ether oxygens (including phenoxy) is 1. The Morgan fingerprint density at radius 1 is 1.00 bits per heavy atom. The Bertz CT molecular complexity index is 1650. The molecule has 3 heterocycles. The maximum Gasteiger partial charge on any atom is 0.229 e. The average Bonchev–Trinajstić information content (AvgIpc) is 3.40. The van der Waals surface area contributed by atoms with E-state index in [2.05, 4.69) is 50.5 Å². The Labute approximate surface area is 234 Å². The molecule has 0 radical (unpaired) electrons. The van der Waals surface area contributed by atoms with Crippen LogP contribution in [0, 0.1) is 20.8 Å². The Morgan fingerprint density at radius 3 is 2.46 bits per heavy atom. The quantitative estimate of drug-likeness (QED) is 0.294. The fourth-order valence-corrected chi connectivity index (χ4v) is 6.27. The van der Waals surface area contributed by atoms with Crippen molar-refractivity contribution < 1.29 is 13.2 Å². The number of rotatable bonds is 7. The molecule has 39 heavy (non-hydrogen) atoms. The maximum atomic E-state index is 11.8. The van der Waals surface area contributed by atoms with Crippen molar-refractivity contribution >= 4 is 38.7 Å². The van der Waals surface area contributed by atoms with Crippen molar-refractivity contribution in [3.8, 4) is 11.4 Å². The first-order chi connectivity index (χ1) is 18.6. The zero-order valence-corrected chi connectivity index (χ0v) is 24.1. The van der Waals surface area contributed by atoms with Crippen molar-refractivity contribution in [3.05, 3.63) is 101 Å². The number of nitrogens with one attached hydrogen (secondary N) is 2. The highest BCUT2D eigenvalue weighted by Crippen LogP contribution is 2.44. The number of aryl methyl sites for hydroxylation is 2. The van der Waals surface area contributed by atoms with E-state index in [0.717, 1.165) is 51.6 Å². The second kappa shape index (κ2) is 10.3. The first kappa shape index (κ1) is 26.7. The third kappa shape index (κ3) is 5.22. The van der Waals surface area contributed by atoms with E-state index in [4.69, 9.17) is 17.0 Å². The highest BCUT2D eigenvalue weighted by Gasteiger charge is 2.42. The van der Waals surface area contributed by atoms with Gasteiger partial charge >= 0.3 is 0 Å². The van der Waals surface area contributed by atoms with Gasteiger partial charge < -0.3 is 19.5 Å². The van der Waals surface area contributed by atoms with Gasteiger partial charge in [0.05, 0.1) is 36.8 Å². The van der Waals surface area contributed by atoms with Crippen molar-refractivity contribution in [2.24, 2.45) is 0 Å². The molecule has 1 fully saturated rings. The molecule has 2 aromatic heterocycles. The van der Waals surface area contributed by atoms with Crippen LogP contribution in [0.2, 0.25) is 0 Å². The largest absolute Gasteiger partial charge is 0.497 e. The van der Waals surface area contributed by atoms with E-state index in [9.17, 15) is 8.42 Å². The van der Waals surface area contributed by atoms with Gasteiger partial charge in [0.1, 0.15) is 5.75 Å². The van der Waals surface area contributed by atoms with Gasteiger partial charge in [0.2, 0.25) is 10.0 Å². The number of thiocarbonyl (C=S) groups is 1. The first-order valence-electron chi connectivity index (χ1n) is 12.5. The van der Waals surface area contributed by atoms with Crippen LogP contribution in [0.25, 0.3) is 5.69 Å². The van der Waals surface area contributed by atoms with Gasteiger partial charge in [-0.05, 0) is 92.6 Å². The van der Waals surface area contributed by atoms with E-state index in [1.165, 1.54) is 0 Å². The van der Waals surface area contributed by atoms with Crippen molar-refractivity contribution in [2.45, 2.75) is 32.9 Å². The monoisotopic (exact) mass is 561 g/mol. The average molecular weight is 562 g/mol. The molecule has 8 nitrogen and oxygen atoms in total. The summed E-state index contributed by atoms with van der Waals surface area (Å²) in [5.74, 6) is 0.788. The minimum Gasteiger partial charge on any atom is -0.497 e. The SMILES string of the molecule is COc1cccc(-n2c(C)cc([C@@H]3[C@H](c4ccccn4)NC(=S)N3c3ccc(NS(C)(=O)=O)c(C)c3)c2C)c1. The van der Waals surface area contributed by atoms with Gasteiger partial charge in [0, 0.05) is 35.0 Å². The van der Waals surface area contributed by atoms with Gasteiger partial charge in [-0.3, -0.25) is 9.71 Å². The van der Waals surface area contributed by atoms with Crippen molar-refractivity contribution in [1.29, 1.82) is 0 Å². The molecule has 202 valence electrons. The fraction of sp³-hybridized carbons (Fsp3) is 0.241. The lowest BCUT2D eigenvalue weighted by Crippen LogP contribution is -2.29. The molecule has 2 aromatic carbocycles. The molecule has 0 unspecified atom stereocenters. The molecule has 1 aliphatic rings. The van der Waals surface area contributed by atoms with Gasteiger partial charge in [0.15, 0.2) is 5.11 Å². The lowest BCUT2D eigenvalue weighted by Gasteiger charge is -2.29. The zero-order valence-electron chi connectivity index (χ0n) is 22.5. The Hall–Kier alpha value is -3.89. The minimum atomic E-state index is -3.40. The van der Waals surface area contributed by atoms with Crippen LogP contribution in [0.3, 0.4) is 0 Å². The van der Waals surface area contributed by atoms with E-state index in [0.29, 0.717) is 10.8 Å². The lowest BCUT2D eigenvalue weighted by molar-refractivity contribution is 0.414. The van der Waals surface area contributed by atoms with E-state index in [-0.39, 0.29) is 12.1 Å². The molecule has 2 atom stereocenters. The summed E-state index contributed by atoms with van der Waals surface area (Å²) in [6, 6.07) is 21.3. The molecule has 0 saturated carbocycles. The summed E-state index contributed by atoms with van der Waals surface area (Å²) in [5.41, 5.74) is 7.35. The highest BCUT2D eigenvalue weighted by molar-refractivity contribution is 7.92. The lowest BCUT2D eigenvalue weighted by atomic mass is 9.96. The summed E-state index contributed by atoms with van der Waals surface area (Å²) < 4.78 is 34.0. The molecule has 1 saturated heterocycles. The molecule has 2 N–H and O–H groups in total. The molecule has 0 aliphatic carbocycles. The van der Waals surface area contributed by atoms with Crippen LogP contribution in [-0.2, 0) is 10.0 Å². The summed E-state index contributed by atoms with van der Waals surface area (Å²) in [4.78, 5) is 6.76. The topological polar surface area (TPSA) is 88.5 Å². The Kier molecular flexibility index (Phi) is 7.09. The van der Waals surface area contributed by atoms with Crippen LogP contribution in [0.1, 0.15) is 40.3 Å². The van der Waals surface area contributed by atoms with E-state index >= 15 is 0 Å². The van der Waals surface area contributed by atoms with Gasteiger partial charge in [-0.25, -0.2) is 8.42 Å². The Morgan fingerprint density at radius 2 is 1.79 bits per heavy atom. The number of nitrogens with zero attached hydrogens (tertiary/aromatic N) is 3. The van der Waals surface area contributed by atoms with Gasteiger partial charge in [0.25, 0.3) is 0 Å². The number of aromatic nitrogens is 2. The van der Waals surface area contributed by atoms with Crippen LogP contribution in [0.5, 0.6) is 5.75 Å². The smallest absolute Gasteiger partial charge is 0.229 e. The third-order valence-corrected chi connectivity index (χ3v) is 7.89. The van der Waals surface area contributed by atoms with Gasteiger partial charge in [-0.2, -0.15) is 0 Å². The molecule has 1 aliphatic heterocycles. The second-order valence-electron chi connectivity index (χ2n) is 9.73. The Balaban J connectivity index is 1.65. The number of sulfonamides is 1. The van der Waals surface area contributed by atoms with Gasteiger partial charge in [-0.1, -0.05) is 12.1 Å². The van der Waals surface area contributed by atoms with Crippen molar-refractivity contribution in [2.75, 3.05) is 23.0 Å². The molecule has 5 rings (SSSR count). The van der Waals surface area contributed by atoms with Crippen molar-refractivity contribution in [1.82, 2.24) is 14.9 Å². The van der Waals surface area contributed by atoms with Crippen LogP contribution in [0.4, 0.5) is 11.4 Å². The number of hydrogen-bond acceptors (Lipinski definition) is 5. The summed E-state index contributed by atoms with van der Waals surface area (Å²) in [6.45, 7) is 6.08. The summed E-state index contributed by atoms with van der Waals surface area (Å²) in [6.07, 6.45) is 2.93. The summed E-state index contributed by atoms with van der Waals surface area (Å²) >= 11 is 5.90. The number of benzene rings is 2. The predicted octanol–water partition coefficient (Wildman–Crippen LogP) is 5.35. The normalized spacial score (nSPS) is 17.3. The molecular weight excluding hydrogens is 530 g/mol. The highest BCUT2D eigenvalue weighted by atomic mass is 32.2.